The number of ether oxygens (including phenoxy) is 1. The van der Waals surface area contributed by atoms with E-state index in [2.05, 4.69) is 0 Å². The summed E-state index contributed by atoms with van der Waals surface area (Å²) in [5, 5.41) is 6.96. The van der Waals surface area contributed by atoms with Gasteiger partial charge in [-0.05, 0) is 0 Å². The summed E-state index contributed by atoms with van der Waals surface area (Å²) in [4.78, 5) is 24.3. The predicted octanol–water partition coefficient (Wildman–Crippen LogP) is 2.62. The Morgan fingerprint density at radius 1 is 1.05 bits per heavy atom. The van der Waals surface area contributed by atoms with Crippen molar-refractivity contribution < 1.29 is 18.8 Å². The maximum Gasteiger partial charge on any atom is 0.253 e. The van der Waals surface area contributed by atoms with E-state index in [1.807, 2.05) is 27.7 Å². The van der Waals surface area contributed by atoms with Crippen molar-refractivity contribution in [1.29, 1.82) is 5.16 Å². The summed E-state index contributed by atoms with van der Waals surface area (Å²) in [5.41, 5.74) is -0.493. The van der Waals surface area contributed by atoms with Gasteiger partial charge in [0, 0.05) is 29.5 Å². The molecule has 118 valence electrons. The molecule has 6 nitrogen and oxygen atoms in total. The molecule has 1 rings (SSSR count). The highest BCUT2D eigenvalue weighted by atomic mass is 31.1. The Hall–Kier alpha value is -1.10. The van der Waals surface area contributed by atoms with Crippen LogP contribution < -0.4 is 0 Å². The molecule has 1 aliphatic heterocycles. The highest BCUT2D eigenvalue weighted by molar-refractivity contribution is 7.18. The SMILES string of the molecule is CC(C)(COCC(C)(C)CN1C(=O)C=CC1=O)COP=N. The van der Waals surface area contributed by atoms with Crippen LogP contribution in [0.3, 0.4) is 0 Å². The van der Waals surface area contributed by atoms with Crippen LogP contribution in [0.5, 0.6) is 0 Å². The van der Waals surface area contributed by atoms with Crippen molar-refractivity contribution in [1.82, 2.24) is 4.90 Å². The molecule has 0 fully saturated rings. The van der Waals surface area contributed by atoms with Gasteiger partial charge in [-0.15, -0.1) is 0 Å². The topological polar surface area (TPSA) is 79.7 Å². The minimum Gasteiger partial charge on any atom is -0.380 e. The molecule has 1 aliphatic rings. The number of carbonyl (C=O) groups excluding carboxylic acids is 2. The second-order valence-corrected chi connectivity index (χ2v) is 7.22. The van der Waals surface area contributed by atoms with E-state index in [-0.39, 0.29) is 31.2 Å². The van der Waals surface area contributed by atoms with E-state index >= 15 is 0 Å². The average molecular weight is 314 g/mol. The number of carbonyl (C=O) groups is 2. The number of imide groups is 1. The first-order valence-electron chi connectivity index (χ1n) is 6.77. The normalized spacial score (nSPS) is 16.3. The standard InChI is InChI=1S/C14H23N2O4P/c1-13(2,7-16-11(17)5-6-12(16)18)8-19-9-14(3,4)10-20-21-15/h5-6,15H,7-10H2,1-4H3. The van der Waals surface area contributed by atoms with E-state index in [0.29, 0.717) is 26.4 Å². The van der Waals surface area contributed by atoms with Crippen molar-refractivity contribution >= 4 is 20.4 Å². The number of hydrogen-bond donors (Lipinski definition) is 1. The zero-order valence-corrected chi connectivity index (χ0v) is 13.9. The Morgan fingerprint density at radius 2 is 1.57 bits per heavy atom. The number of rotatable bonds is 9. The maximum atomic E-state index is 11.6. The van der Waals surface area contributed by atoms with Gasteiger partial charge in [-0.3, -0.25) is 19.7 Å². The zero-order chi connectivity index (χ0) is 16.1. The first-order chi connectivity index (χ1) is 9.67. The van der Waals surface area contributed by atoms with Crippen molar-refractivity contribution in [3.8, 4) is 0 Å². The van der Waals surface area contributed by atoms with Crippen LogP contribution in [0, 0.1) is 16.0 Å². The zero-order valence-electron chi connectivity index (χ0n) is 13.0. The molecule has 0 bridgehead atoms. The lowest BCUT2D eigenvalue weighted by atomic mass is 9.93. The number of amides is 2. The van der Waals surface area contributed by atoms with Gasteiger partial charge >= 0.3 is 0 Å². The van der Waals surface area contributed by atoms with Gasteiger partial charge < -0.3 is 9.26 Å². The van der Waals surface area contributed by atoms with Crippen LogP contribution in [0.1, 0.15) is 27.7 Å². The summed E-state index contributed by atoms with van der Waals surface area (Å²) in [6.45, 7) is 9.63. The summed E-state index contributed by atoms with van der Waals surface area (Å²) in [6.07, 6.45) is 2.58. The lowest BCUT2D eigenvalue weighted by Gasteiger charge is -2.31. The van der Waals surface area contributed by atoms with E-state index in [1.165, 1.54) is 17.1 Å². The molecule has 1 heterocycles. The van der Waals surface area contributed by atoms with Crippen LogP contribution in [0.25, 0.3) is 0 Å². The average Bonchev–Trinajstić information content (AvgIpc) is 2.67. The second kappa shape index (κ2) is 7.25. The van der Waals surface area contributed by atoms with Crippen molar-refractivity contribution in [2.45, 2.75) is 27.7 Å². The smallest absolute Gasteiger partial charge is 0.253 e. The van der Waals surface area contributed by atoms with Crippen LogP contribution in [-0.2, 0) is 18.8 Å². The van der Waals surface area contributed by atoms with E-state index in [1.54, 1.807) is 0 Å². The molecule has 0 aromatic heterocycles. The van der Waals surface area contributed by atoms with E-state index in [9.17, 15) is 9.59 Å². The van der Waals surface area contributed by atoms with Crippen molar-refractivity contribution in [3.05, 3.63) is 12.2 Å². The first kappa shape index (κ1) is 18.0. The molecule has 0 saturated heterocycles. The van der Waals surface area contributed by atoms with Crippen molar-refractivity contribution in [3.63, 3.8) is 0 Å². The molecule has 0 unspecified atom stereocenters. The van der Waals surface area contributed by atoms with Gasteiger partial charge in [-0.25, -0.2) is 0 Å². The van der Waals surface area contributed by atoms with Crippen LogP contribution in [0.4, 0.5) is 0 Å². The van der Waals surface area contributed by atoms with Crippen LogP contribution >= 0.6 is 8.60 Å². The first-order valence-corrected chi connectivity index (χ1v) is 7.58. The fraction of sp³-hybridized carbons (Fsp3) is 0.714. The summed E-state index contributed by atoms with van der Waals surface area (Å²) in [7, 11) is 0.162. The highest BCUT2D eigenvalue weighted by Gasteiger charge is 2.31. The quantitative estimate of drug-likeness (QED) is 0.524. The van der Waals surface area contributed by atoms with E-state index < -0.39 is 0 Å². The van der Waals surface area contributed by atoms with E-state index in [0.717, 1.165) is 0 Å². The molecule has 0 aliphatic carbocycles. The molecule has 0 saturated carbocycles. The number of nitrogens with zero attached hydrogens (tertiary/aromatic N) is 1. The van der Waals surface area contributed by atoms with Gasteiger partial charge in [0.2, 0.25) is 0 Å². The van der Waals surface area contributed by atoms with Gasteiger partial charge in [0.15, 0.2) is 8.60 Å². The highest BCUT2D eigenvalue weighted by Crippen LogP contribution is 2.23. The van der Waals surface area contributed by atoms with Gasteiger partial charge in [0.05, 0.1) is 19.8 Å². The summed E-state index contributed by atoms with van der Waals surface area (Å²) in [5.74, 6) is -0.535. The van der Waals surface area contributed by atoms with Gasteiger partial charge in [0.25, 0.3) is 11.8 Å². The molecule has 7 heteroatoms. The minimum atomic E-state index is -0.318. The maximum absolute atomic E-state index is 11.6. The fourth-order valence-electron chi connectivity index (χ4n) is 1.91. The predicted molar refractivity (Wildman–Crippen MR) is 79.8 cm³/mol. The summed E-state index contributed by atoms with van der Waals surface area (Å²) >= 11 is 0. The molecule has 0 aromatic rings. The largest absolute Gasteiger partial charge is 0.380 e. The third kappa shape index (κ3) is 6.04. The van der Waals surface area contributed by atoms with Gasteiger partial charge in [-0.1, -0.05) is 27.7 Å². The second-order valence-electron chi connectivity index (χ2n) is 6.78. The summed E-state index contributed by atoms with van der Waals surface area (Å²) in [6, 6.07) is 0. The number of hydrogen-bond acceptors (Lipinski definition) is 5. The van der Waals surface area contributed by atoms with Crippen LogP contribution in [0.2, 0.25) is 0 Å². The van der Waals surface area contributed by atoms with Crippen molar-refractivity contribution in [2.24, 2.45) is 10.8 Å². The molecule has 21 heavy (non-hydrogen) atoms. The molecule has 0 radical (unpaired) electrons. The van der Waals surface area contributed by atoms with Crippen molar-refractivity contribution in [2.75, 3.05) is 26.4 Å². The van der Waals surface area contributed by atoms with Gasteiger partial charge in [-0.2, -0.15) is 0 Å². The Bertz CT molecular complexity index is 428. The molecule has 0 atom stereocenters. The van der Waals surface area contributed by atoms with E-state index in [4.69, 9.17) is 14.4 Å². The Balaban J connectivity index is 2.41. The number of nitrogens with one attached hydrogen (secondary N) is 1. The Kier molecular flexibility index (Phi) is 6.20. The lowest BCUT2D eigenvalue weighted by Crippen LogP contribution is -2.41. The fourth-order valence-corrected chi connectivity index (χ4v) is 2.33. The molecule has 0 aromatic carbocycles. The third-order valence-corrected chi connectivity index (χ3v) is 3.25. The lowest BCUT2D eigenvalue weighted by molar-refractivity contribution is -0.139. The summed E-state index contributed by atoms with van der Waals surface area (Å²) < 4.78 is 10.8. The third-order valence-electron chi connectivity index (χ3n) is 2.99. The molecule has 2 amide bonds. The van der Waals surface area contributed by atoms with Crippen LogP contribution in [0.15, 0.2) is 12.2 Å². The molecule has 1 N–H and O–H groups in total. The Labute approximate surface area is 127 Å². The minimum absolute atomic E-state index is 0.162. The molecule has 0 spiro atoms. The Morgan fingerprint density at radius 3 is 2.10 bits per heavy atom. The van der Waals surface area contributed by atoms with Gasteiger partial charge in [0.1, 0.15) is 0 Å². The molecular formula is C14H23N2O4P. The monoisotopic (exact) mass is 314 g/mol. The molecular weight excluding hydrogens is 291 g/mol. The van der Waals surface area contributed by atoms with Crippen LogP contribution in [-0.4, -0.2) is 43.1 Å².